The first kappa shape index (κ1) is 19.1. The second-order valence-electron chi connectivity index (χ2n) is 7.56. The molecule has 0 radical (unpaired) electrons. The molecule has 1 rings (SSSR count). The van der Waals surface area contributed by atoms with Crippen molar-refractivity contribution in [3.05, 3.63) is 35.9 Å². The molecule has 0 heterocycles. The van der Waals surface area contributed by atoms with Crippen LogP contribution in [0.1, 0.15) is 52.2 Å². The standard InChI is InChI=1S/C18H30O3Si/c1-14(21-22(5,6)18(2,3)4)12-16(19)13-17(20)15-10-8-7-9-11-15/h7-11,14,17,20H,12-13H2,1-6H3/t14-,17+/m0/s1. The van der Waals surface area contributed by atoms with Crippen LogP contribution in [-0.2, 0) is 9.22 Å². The van der Waals surface area contributed by atoms with Crippen LogP contribution in [-0.4, -0.2) is 25.3 Å². The van der Waals surface area contributed by atoms with E-state index in [1.54, 1.807) is 0 Å². The van der Waals surface area contributed by atoms with Gasteiger partial charge in [0.05, 0.1) is 6.10 Å². The molecule has 0 saturated carbocycles. The van der Waals surface area contributed by atoms with Gasteiger partial charge in [0.25, 0.3) is 0 Å². The third-order valence-electron chi connectivity index (χ3n) is 4.42. The zero-order valence-electron chi connectivity index (χ0n) is 14.7. The van der Waals surface area contributed by atoms with Gasteiger partial charge in [-0.15, -0.1) is 0 Å². The van der Waals surface area contributed by atoms with E-state index in [0.29, 0.717) is 6.42 Å². The van der Waals surface area contributed by atoms with Gasteiger partial charge < -0.3 is 9.53 Å². The van der Waals surface area contributed by atoms with Crippen molar-refractivity contribution in [1.82, 2.24) is 0 Å². The van der Waals surface area contributed by atoms with Crippen LogP contribution in [0.4, 0.5) is 0 Å². The maximum absolute atomic E-state index is 12.1. The molecule has 0 aliphatic carbocycles. The quantitative estimate of drug-likeness (QED) is 0.753. The molecule has 0 aromatic heterocycles. The van der Waals surface area contributed by atoms with Gasteiger partial charge in [-0.05, 0) is 30.6 Å². The SMILES string of the molecule is C[C@@H](CC(=O)C[C@@H](O)c1ccccc1)O[Si](C)(C)C(C)(C)C. The summed E-state index contributed by atoms with van der Waals surface area (Å²) < 4.78 is 6.20. The number of Topliss-reactive ketones (excluding diaryl/α,β-unsaturated/α-hetero) is 1. The number of hydrogen-bond acceptors (Lipinski definition) is 3. The van der Waals surface area contributed by atoms with Crippen molar-refractivity contribution in [3.63, 3.8) is 0 Å². The van der Waals surface area contributed by atoms with Crippen molar-refractivity contribution in [1.29, 1.82) is 0 Å². The Hall–Kier alpha value is -0.973. The van der Waals surface area contributed by atoms with Crippen LogP contribution < -0.4 is 0 Å². The number of benzene rings is 1. The van der Waals surface area contributed by atoms with Crippen molar-refractivity contribution in [2.75, 3.05) is 0 Å². The minimum Gasteiger partial charge on any atom is -0.414 e. The summed E-state index contributed by atoms with van der Waals surface area (Å²) in [5.74, 6) is 0.0440. The Kier molecular flexibility index (Phi) is 6.53. The maximum atomic E-state index is 12.1. The van der Waals surface area contributed by atoms with Gasteiger partial charge in [0, 0.05) is 18.9 Å². The molecule has 0 bridgehead atoms. The molecule has 124 valence electrons. The average Bonchev–Trinajstić information content (AvgIpc) is 2.37. The van der Waals surface area contributed by atoms with Crippen LogP contribution in [0.25, 0.3) is 0 Å². The zero-order valence-corrected chi connectivity index (χ0v) is 15.7. The molecular formula is C18H30O3Si. The fourth-order valence-electron chi connectivity index (χ4n) is 2.13. The lowest BCUT2D eigenvalue weighted by molar-refractivity contribution is -0.122. The molecule has 0 aliphatic rings. The van der Waals surface area contributed by atoms with Crippen molar-refractivity contribution in [3.8, 4) is 0 Å². The van der Waals surface area contributed by atoms with E-state index in [1.165, 1.54) is 0 Å². The smallest absolute Gasteiger partial charge is 0.192 e. The molecule has 0 amide bonds. The second kappa shape index (κ2) is 7.53. The monoisotopic (exact) mass is 322 g/mol. The summed E-state index contributed by atoms with van der Waals surface area (Å²) in [6.45, 7) is 12.9. The Bertz CT molecular complexity index is 477. The summed E-state index contributed by atoms with van der Waals surface area (Å²) >= 11 is 0. The predicted octanol–water partition coefficient (Wildman–Crippen LogP) is 4.48. The van der Waals surface area contributed by atoms with Gasteiger partial charge in [0.15, 0.2) is 8.32 Å². The number of carbonyl (C=O) groups is 1. The largest absolute Gasteiger partial charge is 0.414 e. The topological polar surface area (TPSA) is 46.5 Å². The highest BCUT2D eigenvalue weighted by molar-refractivity contribution is 6.74. The third-order valence-corrected chi connectivity index (χ3v) is 9.03. The summed E-state index contributed by atoms with van der Waals surface area (Å²) in [6, 6.07) is 9.31. The molecule has 22 heavy (non-hydrogen) atoms. The van der Waals surface area contributed by atoms with Gasteiger partial charge in [0.2, 0.25) is 0 Å². The van der Waals surface area contributed by atoms with Gasteiger partial charge in [-0.2, -0.15) is 0 Å². The van der Waals surface area contributed by atoms with Crippen molar-refractivity contribution in [2.24, 2.45) is 0 Å². The zero-order chi connectivity index (χ0) is 17.0. The Morgan fingerprint density at radius 3 is 2.23 bits per heavy atom. The summed E-state index contributed by atoms with van der Waals surface area (Å²) in [5.41, 5.74) is 0.786. The van der Waals surface area contributed by atoms with E-state index in [-0.39, 0.29) is 23.3 Å². The van der Waals surface area contributed by atoms with Crippen LogP contribution >= 0.6 is 0 Å². The Labute approximate surface area is 135 Å². The number of hydrogen-bond donors (Lipinski definition) is 1. The number of aliphatic hydroxyl groups excluding tert-OH is 1. The van der Waals surface area contributed by atoms with Crippen LogP contribution in [0, 0.1) is 0 Å². The van der Waals surface area contributed by atoms with Gasteiger partial charge in [0.1, 0.15) is 5.78 Å². The first-order valence-corrected chi connectivity index (χ1v) is 10.9. The highest BCUT2D eigenvalue weighted by Gasteiger charge is 2.38. The maximum Gasteiger partial charge on any atom is 0.192 e. The number of ketones is 1. The van der Waals surface area contributed by atoms with Crippen molar-refractivity contribution >= 4 is 14.1 Å². The first-order chi connectivity index (χ1) is 10.0. The summed E-state index contributed by atoms with van der Waals surface area (Å²) in [4.78, 5) is 12.1. The lowest BCUT2D eigenvalue weighted by atomic mass is 10.0. The summed E-state index contributed by atoms with van der Waals surface area (Å²) in [5, 5.41) is 10.2. The molecule has 0 unspecified atom stereocenters. The second-order valence-corrected chi connectivity index (χ2v) is 12.3. The molecule has 2 atom stereocenters. The van der Waals surface area contributed by atoms with Crippen molar-refractivity contribution < 1.29 is 14.3 Å². The summed E-state index contributed by atoms with van der Waals surface area (Å²) in [6.07, 6.45) is -0.323. The molecule has 3 nitrogen and oxygen atoms in total. The minimum absolute atomic E-state index is 0.0440. The Morgan fingerprint density at radius 1 is 1.18 bits per heavy atom. The average molecular weight is 323 g/mol. The molecular weight excluding hydrogens is 292 g/mol. The van der Waals surface area contributed by atoms with Crippen LogP contribution in [0.3, 0.4) is 0 Å². The fraction of sp³-hybridized carbons (Fsp3) is 0.611. The van der Waals surface area contributed by atoms with E-state index in [4.69, 9.17) is 4.43 Å². The number of carbonyl (C=O) groups excluding carboxylic acids is 1. The predicted molar refractivity (Wildman–Crippen MR) is 93.4 cm³/mol. The Morgan fingerprint density at radius 2 is 1.73 bits per heavy atom. The van der Waals surface area contributed by atoms with E-state index in [9.17, 15) is 9.90 Å². The van der Waals surface area contributed by atoms with Crippen LogP contribution in [0.15, 0.2) is 30.3 Å². The molecule has 0 aliphatic heterocycles. The van der Waals surface area contributed by atoms with Gasteiger partial charge in [-0.3, -0.25) is 4.79 Å². The van der Waals surface area contributed by atoms with Crippen LogP contribution in [0.5, 0.6) is 0 Å². The summed E-state index contributed by atoms with van der Waals surface area (Å²) in [7, 11) is -1.85. The van der Waals surface area contributed by atoms with E-state index in [1.807, 2.05) is 37.3 Å². The van der Waals surface area contributed by atoms with Gasteiger partial charge >= 0.3 is 0 Å². The van der Waals surface area contributed by atoms with E-state index < -0.39 is 14.4 Å². The highest BCUT2D eigenvalue weighted by Crippen LogP contribution is 2.37. The molecule has 0 saturated heterocycles. The highest BCUT2D eigenvalue weighted by atomic mass is 28.4. The fourth-order valence-corrected chi connectivity index (χ4v) is 3.58. The van der Waals surface area contributed by atoms with Gasteiger partial charge in [-0.1, -0.05) is 51.1 Å². The minimum atomic E-state index is -1.85. The molecule has 0 spiro atoms. The van der Waals surface area contributed by atoms with Crippen molar-refractivity contribution in [2.45, 2.75) is 70.9 Å². The van der Waals surface area contributed by atoms with E-state index in [0.717, 1.165) is 5.56 Å². The molecule has 1 N–H and O–H groups in total. The lowest BCUT2D eigenvalue weighted by Gasteiger charge is -2.38. The normalized spacial score (nSPS) is 15.4. The molecule has 1 aromatic rings. The van der Waals surface area contributed by atoms with E-state index in [2.05, 4.69) is 33.9 Å². The van der Waals surface area contributed by atoms with Crippen LogP contribution in [0.2, 0.25) is 18.1 Å². The molecule has 0 fully saturated rings. The molecule has 1 aromatic carbocycles. The number of aliphatic hydroxyl groups is 1. The molecule has 4 heteroatoms. The van der Waals surface area contributed by atoms with E-state index >= 15 is 0 Å². The van der Waals surface area contributed by atoms with Gasteiger partial charge in [-0.25, -0.2) is 0 Å². The Balaban J connectivity index is 2.51. The lowest BCUT2D eigenvalue weighted by Crippen LogP contribution is -2.43. The third kappa shape index (κ3) is 5.67. The number of rotatable bonds is 7. The first-order valence-electron chi connectivity index (χ1n) is 7.95.